The lowest BCUT2D eigenvalue weighted by atomic mass is 10.0. The van der Waals surface area contributed by atoms with Gasteiger partial charge in [-0.05, 0) is 37.1 Å². The fourth-order valence-corrected chi connectivity index (χ4v) is 2.52. The summed E-state index contributed by atoms with van der Waals surface area (Å²) in [5.41, 5.74) is 4.07. The summed E-state index contributed by atoms with van der Waals surface area (Å²) < 4.78 is 0. The predicted molar refractivity (Wildman–Crippen MR) is 102 cm³/mol. The first-order chi connectivity index (χ1) is 11.9. The van der Waals surface area contributed by atoms with E-state index in [0.717, 1.165) is 16.8 Å². The van der Waals surface area contributed by atoms with Crippen molar-refractivity contribution in [2.75, 3.05) is 19.4 Å². The maximum Gasteiger partial charge on any atom is 0.321 e. The third kappa shape index (κ3) is 5.08. The Balaban J connectivity index is 2.08. The van der Waals surface area contributed by atoms with Gasteiger partial charge in [0.05, 0.1) is 0 Å². The van der Waals surface area contributed by atoms with Gasteiger partial charge in [0, 0.05) is 32.2 Å². The highest BCUT2D eigenvalue weighted by atomic mass is 16.2. The summed E-state index contributed by atoms with van der Waals surface area (Å²) in [7, 11) is 3.28. The molecule has 2 aromatic rings. The Labute approximate surface area is 149 Å². The van der Waals surface area contributed by atoms with Crippen LogP contribution in [-0.4, -0.2) is 37.0 Å². The van der Waals surface area contributed by atoms with E-state index in [4.69, 9.17) is 0 Å². The average Bonchev–Trinajstić information content (AvgIpc) is 2.61. The second kappa shape index (κ2) is 8.33. The Morgan fingerprint density at radius 2 is 1.72 bits per heavy atom. The summed E-state index contributed by atoms with van der Waals surface area (Å²) in [6.45, 7) is 3.90. The van der Waals surface area contributed by atoms with E-state index in [1.54, 1.807) is 14.1 Å². The number of nitrogens with zero attached hydrogens (tertiary/aromatic N) is 1. The number of amides is 3. The van der Waals surface area contributed by atoms with E-state index in [-0.39, 0.29) is 24.4 Å². The smallest absolute Gasteiger partial charge is 0.321 e. The third-order valence-electron chi connectivity index (χ3n) is 4.21. The minimum atomic E-state index is -0.238. The Hall–Kier alpha value is -2.82. The molecular formula is C20H25N3O2. The summed E-state index contributed by atoms with van der Waals surface area (Å²) in [5.74, 6) is -0.0893. The number of aryl methyl sites for hydroxylation is 1. The molecule has 1 atom stereocenters. The van der Waals surface area contributed by atoms with Crippen LogP contribution in [0.5, 0.6) is 0 Å². The number of carbonyl (C=O) groups is 2. The minimum Gasteiger partial charge on any atom is -0.359 e. The second-order valence-electron chi connectivity index (χ2n) is 6.22. The maximum absolute atomic E-state index is 12.4. The molecule has 3 amide bonds. The lowest BCUT2D eigenvalue weighted by Gasteiger charge is -2.24. The van der Waals surface area contributed by atoms with Crippen molar-refractivity contribution in [2.24, 2.45) is 0 Å². The van der Waals surface area contributed by atoms with Gasteiger partial charge in [-0.25, -0.2) is 4.79 Å². The van der Waals surface area contributed by atoms with Crippen molar-refractivity contribution < 1.29 is 9.59 Å². The SMILES string of the molecule is CNC(=O)C[C@H](C)N(C)C(=O)Nc1cccc(-c2cccc(C)c2)c1. The molecule has 132 valence electrons. The van der Waals surface area contributed by atoms with E-state index in [1.807, 2.05) is 43.3 Å². The summed E-state index contributed by atoms with van der Waals surface area (Å²) in [6, 6.07) is 15.5. The van der Waals surface area contributed by atoms with E-state index >= 15 is 0 Å². The molecule has 0 aromatic heterocycles. The van der Waals surface area contributed by atoms with Crippen molar-refractivity contribution in [3.05, 3.63) is 54.1 Å². The number of rotatable bonds is 5. The topological polar surface area (TPSA) is 61.4 Å². The van der Waals surface area contributed by atoms with E-state index in [1.165, 1.54) is 10.5 Å². The van der Waals surface area contributed by atoms with Crippen LogP contribution in [0.2, 0.25) is 0 Å². The van der Waals surface area contributed by atoms with Gasteiger partial charge in [0.15, 0.2) is 0 Å². The Morgan fingerprint density at radius 1 is 1.08 bits per heavy atom. The van der Waals surface area contributed by atoms with Crippen molar-refractivity contribution in [3.63, 3.8) is 0 Å². The van der Waals surface area contributed by atoms with Crippen LogP contribution in [0.15, 0.2) is 48.5 Å². The first kappa shape index (κ1) is 18.5. The summed E-state index contributed by atoms with van der Waals surface area (Å²) in [6.07, 6.45) is 0.268. The molecule has 0 radical (unpaired) electrons. The zero-order valence-electron chi connectivity index (χ0n) is 15.2. The van der Waals surface area contributed by atoms with E-state index in [9.17, 15) is 9.59 Å². The van der Waals surface area contributed by atoms with Crippen LogP contribution >= 0.6 is 0 Å². The van der Waals surface area contributed by atoms with Crippen LogP contribution in [0.25, 0.3) is 11.1 Å². The number of nitrogens with one attached hydrogen (secondary N) is 2. The van der Waals surface area contributed by atoms with Crippen LogP contribution in [0.1, 0.15) is 18.9 Å². The Kier molecular flexibility index (Phi) is 6.17. The molecule has 0 spiro atoms. The highest BCUT2D eigenvalue weighted by molar-refractivity contribution is 5.90. The molecule has 0 unspecified atom stereocenters. The number of benzene rings is 2. The first-order valence-electron chi connectivity index (χ1n) is 8.32. The number of hydrogen-bond donors (Lipinski definition) is 2. The quantitative estimate of drug-likeness (QED) is 0.873. The summed E-state index contributed by atoms with van der Waals surface area (Å²) in [4.78, 5) is 25.4. The van der Waals surface area contributed by atoms with Gasteiger partial charge in [0.1, 0.15) is 0 Å². The zero-order valence-corrected chi connectivity index (χ0v) is 15.2. The van der Waals surface area contributed by atoms with E-state index < -0.39 is 0 Å². The fraction of sp³-hybridized carbons (Fsp3) is 0.300. The van der Waals surface area contributed by atoms with Gasteiger partial charge in [0.25, 0.3) is 0 Å². The number of urea groups is 1. The molecule has 0 saturated carbocycles. The van der Waals surface area contributed by atoms with Crippen LogP contribution in [0, 0.1) is 6.92 Å². The largest absolute Gasteiger partial charge is 0.359 e. The first-order valence-corrected chi connectivity index (χ1v) is 8.32. The monoisotopic (exact) mass is 339 g/mol. The van der Waals surface area contributed by atoms with Gasteiger partial charge in [-0.2, -0.15) is 0 Å². The summed E-state index contributed by atoms with van der Waals surface area (Å²) in [5, 5.41) is 5.47. The number of anilines is 1. The van der Waals surface area contributed by atoms with E-state index in [2.05, 4.69) is 29.7 Å². The highest BCUT2D eigenvalue weighted by Gasteiger charge is 2.18. The third-order valence-corrected chi connectivity index (χ3v) is 4.21. The molecule has 0 heterocycles. The predicted octanol–water partition coefficient (Wildman–Crippen LogP) is 3.65. The van der Waals surface area contributed by atoms with Crippen LogP contribution < -0.4 is 10.6 Å². The molecule has 5 heteroatoms. The Morgan fingerprint density at radius 3 is 2.36 bits per heavy atom. The van der Waals surface area contributed by atoms with Crippen molar-refractivity contribution in [2.45, 2.75) is 26.3 Å². The van der Waals surface area contributed by atoms with Gasteiger partial charge in [-0.3, -0.25) is 4.79 Å². The van der Waals surface area contributed by atoms with Gasteiger partial charge in [-0.1, -0.05) is 42.0 Å². The van der Waals surface area contributed by atoms with Gasteiger partial charge < -0.3 is 15.5 Å². The normalized spacial score (nSPS) is 11.5. The molecular weight excluding hydrogens is 314 g/mol. The van der Waals surface area contributed by atoms with Crippen molar-refractivity contribution in [1.29, 1.82) is 0 Å². The van der Waals surface area contributed by atoms with Crippen LogP contribution in [0.3, 0.4) is 0 Å². The van der Waals surface area contributed by atoms with Gasteiger partial charge in [-0.15, -0.1) is 0 Å². The van der Waals surface area contributed by atoms with Gasteiger partial charge >= 0.3 is 6.03 Å². The standard InChI is InChI=1S/C20H25N3O2/c1-14-7-5-8-16(11-14)17-9-6-10-18(13-17)22-20(25)23(4)15(2)12-19(24)21-3/h5-11,13,15H,12H2,1-4H3,(H,21,24)(H,22,25)/t15-/m0/s1. The molecule has 25 heavy (non-hydrogen) atoms. The molecule has 2 N–H and O–H groups in total. The molecule has 2 aromatic carbocycles. The lowest BCUT2D eigenvalue weighted by molar-refractivity contribution is -0.121. The summed E-state index contributed by atoms with van der Waals surface area (Å²) >= 11 is 0. The number of carbonyl (C=O) groups excluding carboxylic acids is 2. The highest BCUT2D eigenvalue weighted by Crippen LogP contribution is 2.23. The van der Waals surface area contributed by atoms with Crippen LogP contribution in [0.4, 0.5) is 10.5 Å². The molecule has 0 aliphatic heterocycles. The van der Waals surface area contributed by atoms with Crippen molar-refractivity contribution in [1.82, 2.24) is 10.2 Å². The van der Waals surface area contributed by atoms with Crippen LogP contribution in [-0.2, 0) is 4.79 Å². The molecule has 0 saturated heterocycles. The molecule has 0 bridgehead atoms. The maximum atomic E-state index is 12.4. The molecule has 5 nitrogen and oxygen atoms in total. The molecule has 0 fully saturated rings. The van der Waals surface area contributed by atoms with E-state index in [0.29, 0.717) is 0 Å². The molecule has 2 rings (SSSR count). The zero-order chi connectivity index (χ0) is 18.4. The van der Waals surface area contributed by atoms with Crippen molar-refractivity contribution >= 4 is 17.6 Å². The van der Waals surface area contributed by atoms with Gasteiger partial charge in [0.2, 0.25) is 5.91 Å². The Bertz CT molecular complexity index is 758. The second-order valence-corrected chi connectivity index (χ2v) is 6.22. The molecule has 0 aliphatic carbocycles. The van der Waals surface area contributed by atoms with Crippen molar-refractivity contribution in [3.8, 4) is 11.1 Å². The average molecular weight is 339 g/mol. The fourth-order valence-electron chi connectivity index (χ4n) is 2.52. The molecule has 0 aliphatic rings. The number of hydrogen-bond acceptors (Lipinski definition) is 2. The lowest BCUT2D eigenvalue weighted by Crippen LogP contribution is -2.40. The minimum absolute atomic E-state index is 0.0893.